The molecular formula is C12H15F3N2O3. The molecule has 0 aliphatic carbocycles. The number of hydrogen-bond acceptors (Lipinski definition) is 4. The molecule has 1 amide bonds. The Morgan fingerprint density at radius 3 is 2.40 bits per heavy atom. The van der Waals surface area contributed by atoms with Gasteiger partial charge in [0.25, 0.3) is 5.91 Å². The maximum atomic E-state index is 11.9. The number of aliphatic hydroxyl groups excluding tert-OH is 1. The second-order valence-electron chi connectivity index (χ2n) is 4.19. The Bertz CT molecular complexity index is 446. The van der Waals surface area contributed by atoms with Crippen LogP contribution in [0.25, 0.3) is 0 Å². The average Bonchev–Trinajstić information content (AvgIpc) is 2.34. The lowest BCUT2D eigenvalue weighted by atomic mass is 10.1. The van der Waals surface area contributed by atoms with E-state index in [0.29, 0.717) is 0 Å². The molecular weight excluding hydrogens is 277 g/mol. The van der Waals surface area contributed by atoms with Gasteiger partial charge in [0, 0.05) is 18.2 Å². The van der Waals surface area contributed by atoms with Gasteiger partial charge in [-0.25, -0.2) is 0 Å². The van der Waals surface area contributed by atoms with E-state index in [4.69, 9.17) is 10.8 Å². The molecule has 0 saturated carbocycles. The zero-order valence-electron chi connectivity index (χ0n) is 10.6. The normalized spacial score (nSPS) is 14.5. The van der Waals surface area contributed by atoms with Gasteiger partial charge in [0.1, 0.15) is 5.75 Å². The van der Waals surface area contributed by atoms with Crippen LogP contribution >= 0.6 is 0 Å². The number of aliphatic hydroxyl groups is 1. The summed E-state index contributed by atoms with van der Waals surface area (Å²) in [6.45, 7) is 1.54. The summed E-state index contributed by atoms with van der Waals surface area (Å²) < 4.78 is 39.5. The molecule has 8 heteroatoms. The predicted octanol–water partition coefficient (Wildman–Crippen LogP) is 1.02. The number of hydrogen-bond donors (Lipinski definition) is 3. The Kier molecular flexibility index (Phi) is 5.34. The molecule has 5 nitrogen and oxygen atoms in total. The molecule has 1 aromatic carbocycles. The van der Waals surface area contributed by atoms with Crippen LogP contribution in [0, 0.1) is 0 Å². The molecule has 1 aromatic rings. The monoisotopic (exact) mass is 292 g/mol. The first-order valence-electron chi connectivity index (χ1n) is 5.76. The number of amides is 1. The summed E-state index contributed by atoms with van der Waals surface area (Å²) in [5.74, 6) is -0.908. The standard InChI is InChI=1S/C12H15F3N2O3/c1-7(18)10(16)6-17-11(19)8-2-4-9(5-3-8)20-12(13,14)15/h2-5,7,10,18H,6,16H2,1H3,(H,17,19). The molecule has 2 unspecified atom stereocenters. The van der Waals surface area contributed by atoms with E-state index in [1.54, 1.807) is 0 Å². The van der Waals surface area contributed by atoms with Crippen molar-refractivity contribution in [3.05, 3.63) is 29.8 Å². The van der Waals surface area contributed by atoms with Crippen LogP contribution in [-0.4, -0.2) is 36.1 Å². The summed E-state index contributed by atoms with van der Waals surface area (Å²) in [7, 11) is 0. The molecule has 4 N–H and O–H groups in total. The second-order valence-corrected chi connectivity index (χ2v) is 4.19. The lowest BCUT2D eigenvalue weighted by molar-refractivity contribution is -0.274. The van der Waals surface area contributed by atoms with Gasteiger partial charge in [-0.05, 0) is 31.2 Å². The van der Waals surface area contributed by atoms with E-state index in [1.807, 2.05) is 0 Å². The molecule has 112 valence electrons. The number of benzene rings is 1. The van der Waals surface area contributed by atoms with Crippen molar-refractivity contribution in [1.82, 2.24) is 5.32 Å². The maximum Gasteiger partial charge on any atom is 0.573 e. The van der Waals surface area contributed by atoms with Crippen LogP contribution < -0.4 is 15.8 Å². The molecule has 0 heterocycles. The minimum absolute atomic E-state index is 0.0529. The third kappa shape index (κ3) is 5.45. The number of nitrogens with one attached hydrogen (secondary N) is 1. The first-order chi connectivity index (χ1) is 9.19. The highest BCUT2D eigenvalue weighted by Crippen LogP contribution is 2.22. The second kappa shape index (κ2) is 6.58. The third-order valence-electron chi connectivity index (χ3n) is 2.47. The van der Waals surface area contributed by atoms with Crippen LogP contribution in [0.1, 0.15) is 17.3 Å². The number of carbonyl (C=O) groups is 1. The molecule has 1 rings (SSSR count). The SMILES string of the molecule is CC(O)C(N)CNC(=O)c1ccc(OC(F)(F)F)cc1. The van der Waals surface area contributed by atoms with E-state index in [9.17, 15) is 18.0 Å². The number of carbonyl (C=O) groups excluding carboxylic acids is 1. The van der Waals surface area contributed by atoms with Gasteiger partial charge in [0.2, 0.25) is 0 Å². The summed E-state index contributed by atoms with van der Waals surface area (Å²) in [4.78, 5) is 11.7. The van der Waals surface area contributed by atoms with E-state index in [2.05, 4.69) is 10.1 Å². The van der Waals surface area contributed by atoms with Crippen LogP contribution in [-0.2, 0) is 0 Å². The van der Waals surface area contributed by atoms with E-state index in [1.165, 1.54) is 19.1 Å². The first kappa shape index (κ1) is 16.3. The van der Waals surface area contributed by atoms with Crippen molar-refractivity contribution in [3.8, 4) is 5.75 Å². The number of rotatable bonds is 5. The largest absolute Gasteiger partial charge is 0.573 e. The zero-order chi connectivity index (χ0) is 15.3. The molecule has 2 atom stereocenters. The van der Waals surface area contributed by atoms with Crippen LogP contribution in [0.4, 0.5) is 13.2 Å². The fourth-order valence-electron chi connectivity index (χ4n) is 1.29. The fraction of sp³-hybridized carbons (Fsp3) is 0.417. The lowest BCUT2D eigenvalue weighted by Crippen LogP contribution is -2.43. The van der Waals surface area contributed by atoms with Crippen molar-refractivity contribution in [2.24, 2.45) is 5.73 Å². The topological polar surface area (TPSA) is 84.6 Å². The minimum Gasteiger partial charge on any atom is -0.406 e. The van der Waals surface area contributed by atoms with E-state index >= 15 is 0 Å². The van der Waals surface area contributed by atoms with E-state index < -0.39 is 30.2 Å². The molecule has 0 aromatic heterocycles. The van der Waals surface area contributed by atoms with E-state index in [0.717, 1.165) is 12.1 Å². The third-order valence-corrected chi connectivity index (χ3v) is 2.47. The summed E-state index contributed by atoms with van der Waals surface area (Å²) in [6, 6.07) is 3.86. The molecule has 0 fully saturated rings. The average molecular weight is 292 g/mol. The van der Waals surface area contributed by atoms with Crippen molar-refractivity contribution >= 4 is 5.91 Å². The molecule has 0 bridgehead atoms. The Morgan fingerprint density at radius 1 is 1.40 bits per heavy atom. The van der Waals surface area contributed by atoms with Gasteiger partial charge in [-0.3, -0.25) is 4.79 Å². The van der Waals surface area contributed by atoms with Crippen LogP contribution in [0.5, 0.6) is 5.75 Å². The molecule has 0 saturated heterocycles. The van der Waals surface area contributed by atoms with Crippen LogP contribution in [0.3, 0.4) is 0 Å². The zero-order valence-corrected chi connectivity index (χ0v) is 10.6. The van der Waals surface area contributed by atoms with Gasteiger partial charge in [0.15, 0.2) is 0 Å². The number of alkyl halides is 3. The van der Waals surface area contributed by atoms with Gasteiger partial charge >= 0.3 is 6.36 Å². The number of nitrogens with two attached hydrogens (primary N) is 1. The number of halogens is 3. The highest BCUT2D eigenvalue weighted by Gasteiger charge is 2.31. The van der Waals surface area contributed by atoms with Crippen molar-refractivity contribution in [3.63, 3.8) is 0 Å². The Balaban J connectivity index is 2.58. The highest BCUT2D eigenvalue weighted by molar-refractivity contribution is 5.94. The Hall–Kier alpha value is -1.80. The van der Waals surface area contributed by atoms with Gasteiger partial charge < -0.3 is 20.9 Å². The van der Waals surface area contributed by atoms with Crippen LogP contribution in [0.15, 0.2) is 24.3 Å². The fourth-order valence-corrected chi connectivity index (χ4v) is 1.29. The van der Waals surface area contributed by atoms with Crippen molar-refractivity contribution < 1.29 is 27.8 Å². The lowest BCUT2D eigenvalue weighted by Gasteiger charge is -2.15. The van der Waals surface area contributed by atoms with Gasteiger partial charge in [0.05, 0.1) is 6.10 Å². The smallest absolute Gasteiger partial charge is 0.406 e. The van der Waals surface area contributed by atoms with Crippen molar-refractivity contribution in [1.29, 1.82) is 0 Å². The maximum absolute atomic E-state index is 11.9. The Labute approximate surface area is 113 Å². The molecule has 0 aliphatic rings. The molecule has 20 heavy (non-hydrogen) atoms. The molecule has 0 aliphatic heterocycles. The van der Waals surface area contributed by atoms with E-state index in [-0.39, 0.29) is 12.1 Å². The number of ether oxygens (including phenoxy) is 1. The summed E-state index contributed by atoms with van der Waals surface area (Å²) in [5, 5.41) is 11.6. The quantitative estimate of drug-likeness (QED) is 0.756. The molecule has 0 spiro atoms. The van der Waals surface area contributed by atoms with Gasteiger partial charge in [-0.15, -0.1) is 13.2 Å². The van der Waals surface area contributed by atoms with Crippen molar-refractivity contribution in [2.75, 3.05) is 6.54 Å². The van der Waals surface area contributed by atoms with Gasteiger partial charge in [-0.1, -0.05) is 0 Å². The highest BCUT2D eigenvalue weighted by atomic mass is 19.4. The molecule has 0 radical (unpaired) electrons. The summed E-state index contributed by atoms with van der Waals surface area (Å²) >= 11 is 0. The Morgan fingerprint density at radius 2 is 1.95 bits per heavy atom. The van der Waals surface area contributed by atoms with Gasteiger partial charge in [-0.2, -0.15) is 0 Å². The minimum atomic E-state index is -4.77. The first-order valence-corrected chi connectivity index (χ1v) is 5.76. The summed E-state index contributed by atoms with van der Waals surface area (Å²) in [5.41, 5.74) is 5.69. The van der Waals surface area contributed by atoms with Crippen molar-refractivity contribution in [2.45, 2.75) is 25.4 Å². The summed E-state index contributed by atoms with van der Waals surface area (Å²) in [6.07, 6.45) is -5.55. The van der Waals surface area contributed by atoms with Crippen LogP contribution in [0.2, 0.25) is 0 Å². The predicted molar refractivity (Wildman–Crippen MR) is 65.1 cm³/mol.